The van der Waals surface area contributed by atoms with Crippen LogP contribution in [0.25, 0.3) is 0 Å². The monoisotopic (exact) mass is 378 g/mol. The molecule has 2 aliphatic heterocycles. The van der Waals surface area contributed by atoms with Crippen molar-refractivity contribution in [2.75, 3.05) is 44.2 Å². The minimum Gasteiger partial charge on any atom is -0.339 e. The van der Waals surface area contributed by atoms with Crippen LogP contribution >= 0.6 is 11.8 Å². The van der Waals surface area contributed by atoms with Gasteiger partial charge in [-0.05, 0) is 12.1 Å². The molecule has 0 aliphatic carbocycles. The first-order valence-corrected chi connectivity index (χ1v) is 9.82. The van der Waals surface area contributed by atoms with E-state index in [-0.39, 0.29) is 23.5 Å². The third-order valence-electron chi connectivity index (χ3n) is 4.66. The number of rotatable bonds is 4. The van der Waals surface area contributed by atoms with Crippen molar-refractivity contribution in [3.63, 3.8) is 0 Å². The Bertz CT molecular complexity index is 668. The highest BCUT2D eigenvalue weighted by Crippen LogP contribution is 2.16. The molecular weight excluding hydrogens is 356 g/mol. The predicted molar refractivity (Wildman–Crippen MR) is 99.3 cm³/mol. The van der Waals surface area contributed by atoms with Gasteiger partial charge >= 0.3 is 0 Å². The van der Waals surface area contributed by atoms with Crippen molar-refractivity contribution in [3.05, 3.63) is 39.9 Å². The van der Waals surface area contributed by atoms with E-state index in [1.807, 2.05) is 16.7 Å². The first-order chi connectivity index (χ1) is 12.5. The molecule has 0 aromatic heterocycles. The molecule has 8 nitrogen and oxygen atoms in total. The van der Waals surface area contributed by atoms with Crippen LogP contribution < -0.4 is 5.32 Å². The van der Waals surface area contributed by atoms with Gasteiger partial charge in [0.25, 0.3) is 11.6 Å². The Morgan fingerprint density at radius 3 is 2.38 bits per heavy atom. The van der Waals surface area contributed by atoms with Crippen molar-refractivity contribution < 1.29 is 14.5 Å². The summed E-state index contributed by atoms with van der Waals surface area (Å²) in [5.74, 6) is 2.03. The third kappa shape index (κ3) is 4.53. The number of thioether (sulfide) groups is 1. The van der Waals surface area contributed by atoms with Crippen LogP contribution in [0.15, 0.2) is 24.3 Å². The lowest BCUT2D eigenvalue weighted by atomic mass is 10.1. The summed E-state index contributed by atoms with van der Waals surface area (Å²) in [6.45, 7) is 2.96. The van der Waals surface area contributed by atoms with Crippen molar-refractivity contribution in [2.24, 2.45) is 0 Å². The van der Waals surface area contributed by atoms with Gasteiger partial charge in [-0.3, -0.25) is 19.7 Å². The number of amides is 2. The van der Waals surface area contributed by atoms with Gasteiger partial charge < -0.3 is 15.1 Å². The van der Waals surface area contributed by atoms with Crippen LogP contribution in [0, 0.1) is 10.1 Å². The van der Waals surface area contributed by atoms with Crippen LogP contribution in [-0.2, 0) is 4.79 Å². The third-order valence-corrected chi connectivity index (χ3v) is 5.80. The number of carbonyl (C=O) groups excluding carboxylic acids is 2. The number of benzene rings is 1. The number of nitrogens with zero attached hydrogens (tertiary/aromatic N) is 3. The average Bonchev–Trinajstić information content (AvgIpc) is 2.68. The summed E-state index contributed by atoms with van der Waals surface area (Å²) in [7, 11) is 0. The van der Waals surface area contributed by atoms with E-state index in [9.17, 15) is 19.7 Å². The topological polar surface area (TPSA) is 95.8 Å². The molecule has 1 atom stereocenters. The second-order valence-electron chi connectivity index (χ2n) is 6.41. The maximum Gasteiger partial charge on any atom is 0.269 e. The number of nitro groups is 1. The van der Waals surface area contributed by atoms with Gasteiger partial charge in [-0.15, -0.1) is 0 Å². The fraction of sp³-hybridized carbons (Fsp3) is 0.529. The standard InChI is InChI=1S/C17H22N4O4S/c22-16(11-14-12-26-10-5-18-14)19-6-8-20(9-7-19)17(23)13-1-3-15(4-2-13)21(24)25/h1-4,14,18H,5-12H2. The maximum absolute atomic E-state index is 12.5. The van der Waals surface area contributed by atoms with Crippen molar-refractivity contribution >= 4 is 29.3 Å². The number of hydrogen-bond acceptors (Lipinski definition) is 6. The summed E-state index contributed by atoms with van der Waals surface area (Å²) in [6.07, 6.45) is 0.503. The molecule has 0 saturated carbocycles. The Kier molecular flexibility index (Phi) is 6.10. The Balaban J connectivity index is 1.50. The second kappa shape index (κ2) is 8.50. The van der Waals surface area contributed by atoms with Crippen molar-refractivity contribution in [1.29, 1.82) is 0 Å². The molecular formula is C17H22N4O4S. The summed E-state index contributed by atoms with van der Waals surface area (Å²) in [6, 6.07) is 5.86. The van der Waals surface area contributed by atoms with E-state index >= 15 is 0 Å². The largest absolute Gasteiger partial charge is 0.339 e. The summed E-state index contributed by atoms with van der Waals surface area (Å²) < 4.78 is 0. The van der Waals surface area contributed by atoms with E-state index in [0.717, 1.165) is 18.1 Å². The van der Waals surface area contributed by atoms with Crippen LogP contribution in [-0.4, -0.2) is 76.8 Å². The van der Waals surface area contributed by atoms with E-state index in [1.165, 1.54) is 24.3 Å². The van der Waals surface area contributed by atoms with Gasteiger partial charge in [0.2, 0.25) is 5.91 Å². The minimum absolute atomic E-state index is 0.0357. The van der Waals surface area contributed by atoms with Gasteiger partial charge in [0.1, 0.15) is 0 Å². The van der Waals surface area contributed by atoms with Crippen molar-refractivity contribution in [1.82, 2.24) is 15.1 Å². The lowest BCUT2D eigenvalue weighted by Crippen LogP contribution is -2.52. The van der Waals surface area contributed by atoms with Gasteiger partial charge in [0, 0.05) is 74.4 Å². The molecule has 0 radical (unpaired) electrons. The van der Waals surface area contributed by atoms with Gasteiger partial charge in [-0.25, -0.2) is 0 Å². The smallest absolute Gasteiger partial charge is 0.269 e. The van der Waals surface area contributed by atoms with E-state index in [1.54, 1.807) is 4.90 Å². The molecule has 1 unspecified atom stereocenters. The average molecular weight is 378 g/mol. The van der Waals surface area contributed by atoms with E-state index in [2.05, 4.69) is 5.32 Å². The highest BCUT2D eigenvalue weighted by atomic mass is 32.2. The number of piperazine rings is 1. The lowest BCUT2D eigenvalue weighted by Gasteiger charge is -2.35. The molecule has 9 heteroatoms. The second-order valence-corrected chi connectivity index (χ2v) is 7.56. The zero-order valence-corrected chi connectivity index (χ0v) is 15.2. The SMILES string of the molecule is O=C(CC1CSCCN1)N1CCN(C(=O)c2ccc([N+](=O)[O-])cc2)CC1. The van der Waals surface area contributed by atoms with E-state index in [0.29, 0.717) is 38.2 Å². The van der Waals surface area contributed by atoms with Crippen molar-refractivity contribution in [3.8, 4) is 0 Å². The number of hydrogen-bond donors (Lipinski definition) is 1. The number of nitrogens with one attached hydrogen (secondary N) is 1. The Morgan fingerprint density at radius 2 is 1.81 bits per heavy atom. The van der Waals surface area contributed by atoms with Crippen LogP contribution in [0.3, 0.4) is 0 Å². The lowest BCUT2D eigenvalue weighted by molar-refractivity contribution is -0.384. The molecule has 1 aromatic rings. The van der Waals surface area contributed by atoms with Crippen LogP contribution in [0.4, 0.5) is 5.69 Å². The van der Waals surface area contributed by atoms with E-state index < -0.39 is 4.92 Å². The summed E-state index contributed by atoms with van der Waals surface area (Å²) in [5, 5.41) is 14.1. The quantitative estimate of drug-likeness (QED) is 0.620. The molecule has 0 spiro atoms. The fourth-order valence-electron chi connectivity index (χ4n) is 3.16. The molecule has 140 valence electrons. The first kappa shape index (κ1) is 18.7. The number of carbonyl (C=O) groups is 2. The minimum atomic E-state index is -0.488. The molecule has 26 heavy (non-hydrogen) atoms. The van der Waals surface area contributed by atoms with E-state index in [4.69, 9.17) is 0 Å². The van der Waals surface area contributed by atoms with Crippen LogP contribution in [0.2, 0.25) is 0 Å². The Labute approximate surface area is 156 Å². The predicted octanol–water partition coefficient (Wildman–Crippen LogP) is 0.974. The highest BCUT2D eigenvalue weighted by molar-refractivity contribution is 7.99. The molecule has 2 saturated heterocycles. The highest BCUT2D eigenvalue weighted by Gasteiger charge is 2.27. The molecule has 2 amide bonds. The normalized spacial score (nSPS) is 20.7. The number of non-ortho nitro benzene ring substituents is 1. The summed E-state index contributed by atoms with van der Waals surface area (Å²) in [5.41, 5.74) is 0.394. The summed E-state index contributed by atoms with van der Waals surface area (Å²) in [4.78, 5) is 38.7. The zero-order valence-electron chi connectivity index (χ0n) is 14.4. The van der Waals surface area contributed by atoms with Gasteiger partial charge in [0.05, 0.1) is 4.92 Å². The van der Waals surface area contributed by atoms with Gasteiger partial charge in [0.15, 0.2) is 0 Å². The van der Waals surface area contributed by atoms with Gasteiger partial charge in [-0.2, -0.15) is 11.8 Å². The fourth-order valence-corrected chi connectivity index (χ4v) is 4.11. The molecule has 2 heterocycles. The molecule has 2 aliphatic rings. The molecule has 3 rings (SSSR count). The van der Waals surface area contributed by atoms with Crippen LogP contribution in [0.1, 0.15) is 16.8 Å². The van der Waals surface area contributed by atoms with Crippen molar-refractivity contribution in [2.45, 2.75) is 12.5 Å². The molecule has 2 fully saturated rings. The zero-order chi connectivity index (χ0) is 18.5. The number of nitro benzene ring substituents is 1. The molecule has 1 aromatic carbocycles. The summed E-state index contributed by atoms with van der Waals surface area (Å²) >= 11 is 1.87. The van der Waals surface area contributed by atoms with Crippen LogP contribution in [0.5, 0.6) is 0 Å². The Hall–Kier alpha value is -2.13. The maximum atomic E-state index is 12.5. The molecule has 1 N–H and O–H groups in total. The Morgan fingerprint density at radius 1 is 1.15 bits per heavy atom. The molecule has 0 bridgehead atoms. The first-order valence-electron chi connectivity index (χ1n) is 8.67. The van der Waals surface area contributed by atoms with Gasteiger partial charge in [-0.1, -0.05) is 0 Å².